The highest BCUT2D eigenvalue weighted by Gasteiger charge is 2.33. The summed E-state index contributed by atoms with van der Waals surface area (Å²) < 4.78 is 64.2. The van der Waals surface area contributed by atoms with E-state index in [-0.39, 0.29) is 0 Å². The molecule has 0 radical (unpaired) electrons. The van der Waals surface area contributed by atoms with E-state index < -0.39 is 45.6 Å². The normalized spacial score (nSPS) is 11.5. The minimum atomic E-state index is -4.74. The predicted octanol–water partition coefficient (Wildman–Crippen LogP) is 4.26. The van der Waals surface area contributed by atoms with Crippen LogP contribution in [0.2, 0.25) is 5.15 Å². The van der Waals surface area contributed by atoms with Gasteiger partial charge in [-0.25, -0.2) is 13.8 Å². The Labute approximate surface area is 120 Å². The van der Waals surface area contributed by atoms with Crippen LogP contribution in [0.4, 0.5) is 22.0 Å². The fourth-order valence-corrected chi connectivity index (χ4v) is 1.85. The van der Waals surface area contributed by atoms with E-state index in [9.17, 15) is 26.7 Å². The highest BCUT2D eigenvalue weighted by molar-refractivity contribution is 6.33. The van der Waals surface area contributed by atoms with Crippen molar-refractivity contribution in [1.82, 2.24) is 4.98 Å². The van der Waals surface area contributed by atoms with E-state index in [4.69, 9.17) is 11.6 Å². The van der Waals surface area contributed by atoms with Gasteiger partial charge in [-0.1, -0.05) is 17.7 Å². The number of rotatable bonds is 2. The van der Waals surface area contributed by atoms with Gasteiger partial charge in [0.25, 0.3) is 0 Å². The number of pyridine rings is 1. The van der Waals surface area contributed by atoms with Crippen molar-refractivity contribution in [2.24, 2.45) is 0 Å². The number of carbonyl (C=O) groups excluding carboxylic acids is 1. The van der Waals surface area contributed by atoms with Crippen molar-refractivity contribution in [3.8, 4) is 0 Å². The fraction of sp³-hybridized carbons (Fsp3) is 0.0769. The van der Waals surface area contributed by atoms with Crippen molar-refractivity contribution < 1.29 is 26.7 Å². The third-order valence-electron chi connectivity index (χ3n) is 2.57. The number of nitrogens with zero attached hydrogens (tertiary/aromatic N) is 1. The molecule has 0 N–H and O–H groups in total. The Morgan fingerprint density at radius 1 is 1.05 bits per heavy atom. The molecule has 0 fully saturated rings. The van der Waals surface area contributed by atoms with Gasteiger partial charge in [-0.2, -0.15) is 13.2 Å². The van der Waals surface area contributed by atoms with E-state index in [2.05, 4.69) is 4.98 Å². The zero-order valence-electron chi connectivity index (χ0n) is 10.0. The van der Waals surface area contributed by atoms with Crippen molar-refractivity contribution in [2.45, 2.75) is 6.18 Å². The second-order valence-corrected chi connectivity index (χ2v) is 4.32. The summed E-state index contributed by atoms with van der Waals surface area (Å²) in [5, 5.41) is -0.780. The largest absolute Gasteiger partial charge is 0.433 e. The summed E-state index contributed by atoms with van der Waals surface area (Å²) in [7, 11) is 0. The third kappa shape index (κ3) is 3.02. The van der Waals surface area contributed by atoms with E-state index in [1.165, 1.54) is 0 Å². The number of halogens is 6. The van der Waals surface area contributed by atoms with Crippen molar-refractivity contribution >= 4 is 17.4 Å². The molecule has 0 spiro atoms. The van der Waals surface area contributed by atoms with Crippen LogP contribution in [0.5, 0.6) is 0 Å². The smallest absolute Gasteiger partial charge is 0.288 e. The van der Waals surface area contributed by atoms with Gasteiger partial charge in [0.2, 0.25) is 5.78 Å². The molecule has 0 unspecified atom stereocenters. The minimum Gasteiger partial charge on any atom is -0.288 e. The van der Waals surface area contributed by atoms with Gasteiger partial charge in [-0.3, -0.25) is 4.79 Å². The summed E-state index contributed by atoms with van der Waals surface area (Å²) >= 11 is 5.51. The number of carbonyl (C=O) groups is 1. The zero-order chi connectivity index (χ0) is 15.8. The van der Waals surface area contributed by atoms with Crippen molar-refractivity contribution in [1.29, 1.82) is 0 Å². The van der Waals surface area contributed by atoms with E-state index >= 15 is 0 Å². The molecule has 2 aromatic rings. The number of hydrogen-bond donors (Lipinski definition) is 0. The molecule has 110 valence electrons. The lowest BCUT2D eigenvalue weighted by molar-refractivity contribution is -0.141. The van der Waals surface area contributed by atoms with Crippen LogP contribution in [-0.4, -0.2) is 10.8 Å². The Kier molecular flexibility index (Phi) is 3.95. The van der Waals surface area contributed by atoms with Crippen LogP contribution in [0.3, 0.4) is 0 Å². The molecule has 1 heterocycles. The average molecular weight is 322 g/mol. The first-order valence-corrected chi connectivity index (χ1v) is 5.82. The van der Waals surface area contributed by atoms with Gasteiger partial charge in [0.05, 0.1) is 11.1 Å². The molecule has 0 amide bonds. The molecule has 2 rings (SSSR count). The molecule has 0 saturated carbocycles. The number of alkyl halides is 3. The Hall–Kier alpha value is -2.02. The molecule has 0 atom stereocenters. The highest BCUT2D eigenvalue weighted by atomic mass is 35.5. The van der Waals surface area contributed by atoms with Crippen LogP contribution in [0.25, 0.3) is 0 Å². The lowest BCUT2D eigenvalue weighted by Crippen LogP contribution is -2.12. The molecule has 21 heavy (non-hydrogen) atoms. The van der Waals surface area contributed by atoms with Gasteiger partial charge in [-0.15, -0.1) is 0 Å². The minimum absolute atomic E-state index is 0.512. The molecule has 0 saturated heterocycles. The Bertz CT molecular complexity index is 694. The first kappa shape index (κ1) is 15.4. The third-order valence-corrected chi connectivity index (χ3v) is 2.86. The molecule has 1 aromatic carbocycles. The molecule has 0 aliphatic heterocycles. The maximum atomic E-state index is 13.5. The van der Waals surface area contributed by atoms with Crippen LogP contribution >= 0.6 is 11.6 Å². The Balaban J connectivity index is 2.50. The van der Waals surface area contributed by atoms with Crippen molar-refractivity contribution in [3.05, 3.63) is 63.9 Å². The first-order chi connectivity index (χ1) is 9.71. The summed E-state index contributed by atoms with van der Waals surface area (Å²) in [5.74, 6) is -3.47. The van der Waals surface area contributed by atoms with Crippen LogP contribution in [-0.2, 0) is 6.18 Å². The number of benzene rings is 1. The molecule has 8 heteroatoms. The van der Waals surface area contributed by atoms with Gasteiger partial charge >= 0.3 is 6.18 Å². The van der Waals surface area contributed by atoms with Crippen molar-refractivity contribution in [2.75, 3.05) is 0 Å². The summed E-state index contributed by atoms with van der Waals surface area (Å²) in [4.78, 5) is 15.0. The number of aromatic nitrogens is 1. The van der Waals surface area contributed by atoms with E-state index in [1.54, 1.807) is 0 Å². The molecule has 0 aliphatic rings. The maximum absolute atomic E-state index is 13.5. The standard InChI is InChI=1S/C13H5ClF5NO/c14-12-6(4-5-9(20-12)13(17,18)19)11(21)10-7(15)2-1-3-8(10)16/h1-5H. The highest BCUT2D eigenvalue weighted by Crippen LogP contribution is 2.30. The molecule has 1 aromatic heterocycles. The lowest BCUT2D eigenvalue weighted by atomic mass is 10.0. The van der Waals surface area contributed by atoms with E-state index in [0.717, 1.165) is 24.3 Å². The van der Waals surface area contributed by atoms with E-state index in [1.807, 2.05) is 0 Å². The number of hydrogen-bond acceptors (Lipinski definition) is 2. The van der Waals surface area contributed by atoms with Crippen LogP contribution < -0.4 is 0 Å². The lowest BCUT2D eigenvalue weighted by Gasteiger charge is -2.09. The van der Waals surface area contributed by atoms with Gasteiger partial charge < -0.3 is 0 Å². The SMILES string of the molecule is O=C(c1ccc(C(F)(F)F)nc1Cl)c1c(F)cccc1F. The molecular weight excluding hydrogens is 317 g/mol. The Morgan fingerprint density at radius 2 is 1.62 bits per heavy atom. The Morgan fingerprint density at radius 3 is 2.10 bits per heavy atom. The summed E-state index contributed by atoms with van der Waals surface area (Å²) in [6, 6.07) is 3.99. The average Bonchev–Trinajstić information content (AvgIpc) is 2.37. The quantitative estimate of drug-likeness (QED) is 0.470. The maximum Gasteiger partial charge on any atom is 0.433 e. The second-order valence-electron chi connectivity index (χ2n) is 3.96. The van der Waals surface area contributed by atoms with Gasteiger partial charge in [0.15, 0.2) is 0 Å². The van der Waals surface area contributed by atoms with Crippen molar-refractivity contribution in [3.63, 3.8) is 0 Å². The fourth-order valence-electron chi connectivity index (χ4n) is 1.61. The van der Waals surface area contributed by atoms with Gasteiger partial charge in [-0.05, 0) is 24.3 Å². The topological polar surface area (TPSA) is 30.0 Å². The first-order valence-electron chi connectivity index (χ1n) is 5.44. The molecule has 0 aliphatic carbocycles. The van der Waals surface area contributed by atoms with Gasteiger partial charge in [0, 0.05) is 0 Å². The molecular formula is C13H5ClF5NO. The zero-order valence-corrected chi connectivity index (χ0v) is 10.8. The van der Waals surface area contributed by atoms with E-state index in [0.29, 0.717) is 6.07 Å². The van der Waals surface area contributed by atoms with Gasteiger partial charge in [0.1, 0.15) is 22.5 Å². The predicted molar refractivity (Wildman–Crippen MR) is 64.0 cm³/mol. The summed E-state index contributed by atoms with van der Waals surface area (Å²) in [6.07, 6.45) is -4.74. The van der Waals surface area contributed by atoms with Crippen LogP contribution in [0.15, 0.2) is 30.3 Å². The monoisotopic (exact) mass is 321 g/mol. The molecule has 0 bridgehead atoms. The number of ketones is 1. The van der Waals surface area contributed by atoms with Crippen LogP contribution in [0.1, 0.15) is 21.6 Å². The summed E-state index contributed by atoms with van der Waals surface area (Å²) in [6.45, 7) is 0. The summed E-state index contributed by atoms with van der Waals surface area (Å²) in [5.41, 5.74) is -2.73. The molecule has 2 nitrogen and oxygen atoms in total. The van der Waals surface area contributed by atoms with Crippen LogP contribution in [0, 0.1) is 11.6 Å². The second kappa shape index (κ2) is 5.40.